The van der Waals surface area contributed by atoms with E-state index in [1.807, 2.05) is 44.2 Å². The Morgan fingerprint density at radius 1 is 1.38 bits per heavy atom. The fraction of sp³-hybridized carbons (Fsp3) is 0.538. The van der Waals surface area contributed by atoms with Gasteiger partial charge >= 0.3 is 0 Å². The molecule has 0 saturated carbocycles. The number of hydrogen-bond acceptors (Lipinski definition) is 3. The number of aliphatic hydroxyl groups is 1. The minimum absolute atomic E-state index is 0.0530. The number of rotatable bonds is 3. The molecule has 0 amide bonds. The van der Waals surface area contributed by atoms with Crippen LogP contribution in [-0.2, 0) is 16.1 Å². The van der Waals surface area contributed by atoms with Gasteiger partial charge in [0.15, 0.2) is 6.29 Å². The lowest BCUT2D eigenvalue weighted by Gasteiger charge is -2.27. The van der Waals surface area contributed by atoms with Crippen LogP contribution in [0.15, 0.2) is 30.3 Å². The lowest BCUT2D eigenvalue weighted by molar-refractivity contribution is -0.114. The zero-order valence-corrected chi connectivity index (χ0v) is 9.72. The first-order valence-corrected chi connectivity index (χ1v) is 5.56. The van der Waals surface area contributed by atoms with Crippen molar-refractivity contribution in [1.82, 2.24) is 0 Å². The van der Waals surface area contributed by atoms with E-state index in [-0.39, 0.29) is 11.5 Å². The molecule has 0 spiro atoms. The number of benzene rings is 1. The van der Waals surface area contributed by atoms with Crippen molar-refractivity contribution in [2.45, 2.75) is 32.8 Å². The lowest BCUT2D eigenvalue weighted by Crippen LogP contribution is -2.35. The Balaban J connectivity index is 1.92. The SMILES string of the molecule is CC1(C)C(O)OCC1OCc1ccccc1. The third-order valence-electron chi connectivity index (χ3n) is 3.17. The Morgan fingerprint density at radius 2 is 2.06 bits per heavy atom. The van der Waals surface area contributed by atoms with Crippen LogP contribution in [0.3, 0.4) is 0 Å². The van der Waals surface area contributed by atoms with E-state index in [0.717, 1.165) is 5.56 Å². The van der Waals surface area contributed by atoms with Gasteiger partial charge in [0.1, 0.15) is 0 Å². The molecule has 1 aromatic carbocycles. The molecule has 1 heterocycles. The summed E-state index contributed by atoms with van der Waals surface area (Å²) in [4.78, 5) is 0. The highest BCUT2D eigenvalue weighted by atomic mass is 16.6. The molecule has 0 aliphatic carbocycles. The van der Waals surface area contributed by atoms with Gasteiger partial charge < -0.3 is 14.6 Å². The van der Waals surface area contributed by atoms with E-state index >= 15 is 0 Å². The first kappa shape index (κ1) is 11.6. The maximum atomic E-state index is 9.62. The topological polar surface area (TPSA) is 38.7 Å². The summed E-state index contributed by atoms with van der Waals surface area (Å²) in [5, 5.41) is 9.62. The molecule has 1 fully saturated rings. The number of aliphatic hydroxyl groups excluding tert-OH is 1. The van der Waals surface area contributed by atoms with Crippen molar-refractivity contribution in [3.05, 3.63) is 35.9 Å². The molecule has 1 N–H and O–H groups in total. The van der Waals surface area contributed by atoms with E-state index < -0.39 is 6.29 Å². The maximum absolute atomic E-state index is 9.62. The Labute approximate surface area is 96.0 Å². The van der Waals surface area contributed by atoms with Gasteiger partial charge in [0.2, 0.25) is 0 Å². The maximum Gasteiger partial charge on any atom is 0.162 e. The highest BCUT2D eigenvalue weighted by Crippen LogP contribution is 2.35. The molecule has 1 aliphatic rings. The number of hydrogen-bond donors (Lipinski definition) is 1. The first-order valence-electron chi connectivity index (χ1n) is 5.56. The van der Waals surface area contributed by atoms with Crippen molar-refractivity contribution in [3.63, 3.8) is 0 Å². The van der Waals surface area contributed by atoms with Gasteiger partial charge in [-0.1, -0.05) is 44.2 Å². The Kier molecular flexibility index (Phi) is 3.28. The quantitative estimate of drug-likeness (QED) is 0.849. The smallest absolute Gasteiger partial charge is 0.162 e. The molecule has 88 valence electrons. The molecule has 0 bridgehead atoms. The molecular weight excluding hydrogens is 204 g/mol. The molecule has 2 unspecified atom stereocenters. The van der Waals surface area contributed by atoms with Crippen molar-refractivity contribution in [1.29, 1.82) is 0 Å². The van der Waals surface area contributed by atoms with Gasteiger partial charge in [-0.15, -0.1) is 0 Å². The summed E-state index contributed by atoms with van der Waals surface area (Å²) >= 11 is 0. The van der Waals surface area contributed by atoms with Gasteiger partial charge in [-0.05, 0) is 5.56 Å². The van der Waals surface area contributed by atoms with Crippen molar-refractivity contribution in [2.24, 2.45) is 5.41 Å². The summed E-state index contributed by atoms with van der Waals surface area (Å²) in [5.74, 6) is 0. The standard InChI is InChI=1S/C13H18O3/c1-13(2)11(9-16-12(13)14)15-8-10-6-4-3-5-7-10/h3-7,11-12,14H,8-9H2,1-2H3. The van der Waals surface area contributed by atoms with E-state index in [0.29, 0.717) is 13.2 Å². The molecular formula is C13H18O3. The monoisotopic (exact) mass is 222 g/mol. The summed E-state index contributed by atoms with van der Waals surface area (Å²) in [5.41, 5.74) is 0.800. The fourth-order valence-electron chi connectivity index (χ4n) is 1.80. The second kappa shape index (κ2) is 4.53. The van der Waals surface area contributed by atoms with E-state index in [9.17, 15) is 5.11 Å². The summed E-state index contributed by atoms with van der Waals surface area (Å²) in [6.07, 6.45) is -0.782. The van der Waals surface area contributed by atoms with Gasteiger partial charge in [0.25, 0.3) is 0 Å². The molecule has 0 radical (unpaired) electrons. The van der Waals surface area contributed by atoms with Crippen LogP contribution in [0.1, 0.15) is 19.4 Å². The minimum Gasteiger partial charge on any atom is -0.370 e. The lowest BCUT2D eigenvalue weighted by atomic mass is 9.88. The highest BCUT2D eigenvalue weighted by Gasteiger charge is 2.44. The Bertz CT molecular complexity index is 334. The second-order valence-electron chi connectivity index (χ2n) is 4.79. The zero-order valence-electron chi connectivity index (χ0n) is 9.72. The zero-order chi connectivity index (χ0) is 11.6. The van der Waals surface area contributed by atoms with Crippen molar-refractivity contribution in [3.8, 4) is 0 Å². The first-order chi connectivity index (χ1) is 7.60. The third-order valence-corrected chi connectivity index (χ3v) is 3.17. The number of ether oxygens (including phenoxy) is 2. The van der Waals surface area contributed by atoms with Crippen molar-refractivity contribution in [2.75, 3.05) is 6.61 Å². The Hall–Kier alpha value is -0.900. The molecule has 1 aliphatic heterocycles. The normalized spacial score (nSPS) is 28.2. The van der Waals surface area contributed by atoms with Crippen LogP contribution in [0.4, 0.5) is 0 Å². The van der Waals surface area contributed by atoms with Crippen LogP contribution in [0.5, 0.6) is 0 Å². The van der Waals surface area contributed by atoms with Crippen LogP contribution < -0.4 is 0 Å². The average Bonchev–Trinajstić information content (AvgIpc) is 2.53. The largest absolute Gasteiger partial charge is 0.370 e. The summed E-state index contributed by atoms with van der Waals surface area (Å²) in [7, 11) is 0. The van der Waals surface area contributed by atoms with E-state index in [2.05, 4.69) is 0 Å². The molecule has 3 nitrogen and oxygen atoms in total. The van der Waals surface area contributed by atoms with Crippen molar-refractivity contribution >= 4 is 0 Å². The van der Waals surface area contributed by atoms with Crippen LogP contribution >= 0.6 is 0 Å². The van der Waals surface area contributed by atoms with Gasteiger partial charge in [0.05, 0.1) is 19.3 Å². The molecule has 16 heavy (non-hydrogen) atoms. The molecule has 1 aromatic rings. The predicted molar refractivity (Wildman–Crippen MR) is 60.8 cm³/mol. The van der Waals surface area contributed by atoms with E-state index in [1.165, 1.54) is 0 Å². The molecule has 2 atom stereocenters. The second-order valence-corrected chi connectivity index (χ2v) is 4.79. The van der Waals surface area contributed by atoms with Crippen LogP contribution in [0.2, 0.25) is 0 Å². The third kappa shape index (κ3) is 2.26. The van der Waals surface area contributed by atoms with Gasteiger partial charge in [0, 0.05) is 5.41 Å². The summed E-state index contributed by atoms with van der Waals surface area (Å²) in [6.45, 7) is 4.94. The van der Waals surface area contributed by atoms with Gasteiger partial charge in [-0.25, -0.2) is 0 Å². The summed E-state index contributed by atoms with van der Waals surface area (Å²) in [6, 6.07) is 10.0. The van der Waals surface area contributed by atoms with Gasteiger partial charge in [-0.3, -0.25) is 0 Å². The minimum atomic E-state index is -0.728. The molecule has 3 heteroatoms. The molecule has 0 aromatic heterocycles. The van der Waals surface area contributed by atoms with E-state index in [1.54, 1.807) is 0 Å². The molecule has 2 rings (SSSR count). The van der Waals surface area contributed by atoms with Gasteiger partial charge in [-0.2, -0.15) is 0 Å². The Morgan fingerprint density at radius 3 is 2.62 bits per heavy atom. The van der Waals surface area contributed by atoms with Crippen molar-refractivity contribution < 1.29 is 14.6 Å². The molecule has 1 saturated heterocycles. The van der Waals surface area contributed by atoms with Crippen LogP contribution in [0.25, 0.3) is 0 Å². The fourth-order valence-corrected chi connectivity index (χ4v) is 1.80. The van der Waals surface area contributed by atoms with Crippen LogP contribution in [0, 0.1) is 5.41 Å². The predicted octanol–water partition coefficient (Wildman–Crippen LogP) is 1.95. The van der Waals surface area contributed by atoms with E-state index in [4.69, 9.17) is 9.47 Å². The summed E-state index contributed by atoms with van der Waals surface area (Å²) < 4.78 is 11.0. The average molecular weight is 222 g/mol. The highest BCUT2D eigenvalue weighted by molar-refractivity contribution is 5.13. The van der Waals surface area contributed by atoms with Crippen LogP contribution in [-0.4, -0.2) is 24.1 Å².